The average molecular weight is 422 g/mol. The highest BCUT2D eigenvalue weighted by atomic mass is 16.5. The molecule has 0 spiro atoms. The van der Waals surface area contributed by atoms with E-state index >= 15 is 0 Å². The maximum atomic E-state index is 10.9. The highest BCUT2D eigenvalue weighted by Gasteiger charge is 2.25. The van der Waals surface area contributed by atoms with Gasteiger partial charge in [-0.05, 0) is 68.8 Å². The number of aromatic nitrogens is 2. The van der Waals surface area contributed by atoms with E-state index in [0.717, 1.165) is 44.5 Å². The third-order valence-electron chi connectivity index (χ3n) is 6.15. The van der Waals surface area contributed by atoms with Crippen molar-refractivity contribution in [2.24, 2.45) is 0 Å². The molecular weight excluding hydrogens is 390 g/mol. The number of ether oxygens (including phenoxy) is 1. The van der Waals surface area contributed by atoms with Crippen molar-refractivity contribution in [1.82, 2.24) is 14.5 Å². The van der Waals surface area contributed by atoms with Crippen molar-refractivity contribution >= 4 is 17.0 Å². The maximum absolute atomic E-state index is 10.9. The van der Waals surface area contributed by atoms with Gasteiger partial charge in [-0.2, -0.15) is 0 Å². The van der Waals surface area contributed by atoms with E-state index in [1.54, 1.807) is 24.3 Å². The van der Waals surface area contributed by atoms with E-state index in [-0.39, 0.29) is 5.56 Å². The van der Waals surface area contributed by atoms with Crippen LogP contribution in [0.1, 0.15) is 54.7 Å². The first-order valence-electron chi connectivity index (χ1n) is 11.3. The molecule has 1 aromatic heterocycles. The third kappa shape index (κ3) is 5.07. The van der Waals surface area contributed by atoms with Crippen molar-refractivity contribution < 1.29 is 14.6 Å². The number of benzene rings is 2. The van der Waals surface area contributed by atoms with Gasteiger partial charge in [0, 0.05) is 19.0 Å². The van der Waals surface area contributed by atoms with E-state index in [0.29, 0.717) is 18.3 Å². The Morgan fingerprint density at radius 3 is 2.55 bits per heavy atom. The largest absolute Gasteiger partial charge is 0.492 e. The number of hydrogen-bond acceptors (Lipinski definition) is 4. The molecule has 0 radical (unpaired) electrons. The molecule has 1 aliphatic rings. The second-order valence-electron chi connectivity index (χ2n) is 8.26. The molecule has 0 aliphatic carbocycles. The smallest absolute Gasteiger partial charge is 0.335 e. The minimum atomic E-state index is -0.919. The van der Waals surface area contributed by atoms with E-state index in [9.17, 15) is 4.79 Å². The molecule has 2 heterocycles. The number of unbranched alkanes of at least 4 members (excludes halogenated alkanes) is 1. The molecule has 0 bridgehead atoms. The highest BCUT2D eigenvalue weighted by Crippen LogP contribution is 2.30. The van der Waals surface area contributed by atoms with Gasteiger partial charge in [-0.25, -0.2) is 9.78 Å². The number of carboxylic acid groups (broad SMARTS) is 1. The summed E-state index contributed by atoms with van der Waals surface area (Å²) >= 11 is 0. The summed E-state index contributed by atoms with van der Waals surface area (Å²) in [5, 5.41) is 8.97. The molecule has 4 rings (SSSR count). The van der Waals surface area contributed by atoms with Gasteiger partial charge in [0.25, 0.3) is 0 Å². The molecule has 0 atom stereocenters. The number of aromatic carboxylic acids is 1. The third-order valence-corrected chi connectivity index (χ3v) is 6.15. The second-order valence-corrected chi connectivity index (χ2v) is 8.26. The van der Waals surface area contributed by atoms with Gasteiger partial charge >= 0.3 is 5.97 Å². The summed E-state index contributed by atoms with van der Waals surface area (Å²) < 4.78 is 8.25. The molecule has 31 heavy (non-hydrogen) atoms. The molecular formula is C25H31N3O3. The first kappa shape index (κ1) is 21.4. The number of likely N-dealkylation sites (tertiary alicyclic amines) is 1. The number of hydrogen-bond donors (Lipinski definition) is 1. The van der Waals surface area contributed by atoms with Crippen LogP contribution in [0.25, 0.3) is 11.0 Å². The zero-order valence-electron chi connectivity index (χ0n) is 18.2. The van der Waals surface area contributed by atoms with Gasteiger partial charge in [-0.15, -0.1) is 0 Å². The van der Waals surface area contributed by atoms with Crippen LogP contribution < -0.4 is 4.74 Å². The van der Waals surface area contributed by atoms with Crippen molar-refractivity contribution in [3.63, 3.8) is 0 Å². The Morgan fingerprint density at radius 1 is 1.10 bits per heavy atom. The minimum Gasteiger partial charge on any atom is -0.492 e. The summed E-state index contributed by atoms with van der Waals surface area (Å²) in [6, 6.07) is 15.1. The van der Waals surface area contributed by atoms with Crippen LogP contribution in [-0.2, 0) is 6.54 Å². The van der Waals surface area contributed by atoms with E-state index < -0.39 is 5.97 Å². The molecule has 1 N–H and O–H groups in total. The Bertz CT molecular complexity index is 1000. The van der Waals surface area contributed by atoms with Crippen LogP contribution in [-0.4, -0.2) is 51.8 Å². The minimum absolute atomic E-state index is 0.277. The Balaban J connectivity index is 1.31. The van der Waals surface area contributed by atoms with Crippen molar-refractivity contribution in [2.75, 3.05) is 26.2 Å². The van der Waals surface area contributed by atoms with Gasteiger partial charge < -0.3 is 14.4 Å². The first-order valence-corrected chi connectivity index (χ1v) is 11.3. The number of carbonyl (C=O) groups is 1. The average Bonchev–Trinajstić information content (AvgIpc) is 3.17. The number of piperidine rings is 1. The fourth-order valence-corrected chi connectivity index (χ4v) is 4.36. The number of aryl methyl sites for hydroxylation is 1. The van der Waals surface area contributed by atoms with Crippen LogP contribution in [0.3, 0.4) is 0 Å². The summed E-state index contributed by atoms with van der Waals surface area (Å²) in [5.74, 6) is 1.55. The Labute approximate surface area is 183 Å². The number of nitrogens with zero attached hydrogens (tertiary/aromatic N) is 3. The van der Waals surface area contributed by atoms with Crippen LogP contribution in [0.2, 0.25) is 0 Å². The molecule has 1 aliphatic heterocycles. The van der Waals surface area contributed by atoms with Crippen LogP contribution >= 0.6 is 0 Å². The van der Waals surface area contributed by atoms with Crippen LogP contribution in [0, 0.1) is 0 Å². The van der Waals surface area contributed by atoms with E-state index in [1.807, 2.05) is 0 Å². The molecule has 0 amide bonds. The van der Waals surface area contributed by atoms with Crippen LogP contribution in [0.5, 0.6) is 5.75 Å². The van der Waals surface area contributed by atoms with E-state index in [1.165, 1.54) is 24.2 Å². The van der Waals surface area contributed by atoms with Crippen molar-refractivity contribution in [1.29, 1.82) is 0 Å². The molecule has 1 saturated heterocycles. The van der Waals surface area contributed by atoms with Crippen LogP contribution in [0.15, 0.2) is 48.5 Å². The lowest BCUT2D eigenvalue weighted by Gasteiger charge is -2.31. The normalized spacial score (nSPS) is 15.4. The summed E-state index contributed by atoms with van der Waals surface area (Å²) in [6.07, 6.45) is 4.59. The zero-order valence-corrected chi connectivity index (χ0v) is 18.2. The van der Waals surface area contributed by atoms with Gasteiger partial charge in [0.15, 0.2) is 0 Å². The summed E-state index contributed by atoms with van der Waals surface area (Å²) in [6.45, 7) is 6.85. The summed E-state index contributed by atoms with van der Waals surface area (Å²) in [7, 11) is 0. The first-order chi connectivity index (χ1) is 15.2. The van der Waals surface area contributed by atoms with Crippen molar-refractivity contribution in [3.05, 3.63) is 59.9 Å². The predicted molar refractivity (Wildman–Crippen MR) is 122 cm³/mol. The van der Waals surface area contributed by atoms with Gasteiger partial charge in [0.1, 0.15) is 18.2 Å². The summed E-state index contributed by atoms with van der Waals surface area (Å²) in [4.78, 5) is 18.4. The molecule has 6 nitrogen and oxygen atoms in total. The lowest BCUT2D eigenvalue weighted by Crippen LogP contribution is -2.36. The Hall–Kier alpha value is -2.86. The van der Waals surface area contributed by atoms with Gasteiger partial charge in [0.05, 0.1) is 16.6 Å². The van der Waals surface area contributed by atoms with Gasteiger partial charge in [0.2, 0.25) is 0 Å². The van der Waals surface area contributed by atoms with Crippen molar-refractivity contribution in [2.45, 2.75) is 45.1 Å². The van der Waals surface area contributed by atoms with Gasteiger partial charge in [-0.3, -0.25) is 4.90 Å². The molecule has 1 fully saturated rings. The molecule has 164 valence electrons. The molecule has 0 unspecified atom stereocenters. The predicted octanol–water partition coefficient (Wildman–Crippen LogP) is 4.79. The molecule has 6 heteroatoms. The number of para-hydroxylation sites is 2. The van der Waals surface area contributed by atoms with E-state index in [2.05, 4.69) is 40.7 Å². The maximum Gasteiger partial charge on any atom is 0.335 e. The van der Waals surface area contributed by atoms with Crippen molar-refractivity contribution in [3.8, 4) is 5.75 Å². The SMILES string of the molecule is CCCCn1c(C2CCN(CCOc3ccc(C(=O)O)cc3)CC2)nc2ccccc21. The standard InChI is InChI=1S/C25H31N3O3/c1-2-3-14-28-23-7-5-4-6-22(23)26-24(28)19-12-15-27(16-13-19)17-18-31-21-10-8-20(9-11-21)25(29)30/h4-11,19H,2-3,12-18H2,1H3,(H,29,30). The number of carboxylic acids is 1. The fraction of sp³-hybridized carbons (Fsp3) is 0.440. The Morgan fingerprint density at radius 2 is 1.84 bits per heavy atom. The van der Waals surface area contributed by atoms with Crippen LogP contribution in [0.4, 0.5) is 0 Å². The van der Waals surface area contributed by atoms with Gasteiger partial charge in [-0.1, -0.05) is 25.5 Å². The monoisotopic (exact) mass is 421 g/mol. The lowest BCUT2D eigenvalue weighted by molar-refractivity contribution is 0.0697. The Kier molecular flexibility index (Phi) is 6.87. The quantitative estimate of drug-likeness (QED) is 0.538. The molecule has 0 saturated carbocycles. The lowest BCUT2D eigenvalue weighted by atomic mass is 9.96. The molecule has 2 aromatic carbocycles. The fourth-order valence-electron chi connectivity index (χ4n) is 4.36. The zero-order chi connectivity index (χ0) is 21.6. The van der Waals surface area contributed by atoms with E-state index in [4.69, 9.17) is 14.8 Å². The highest BCUT2D eigenvalue weighted by molar-refractivity contribution is 5.87. The topological polar surface area (TPSA) is 67.6 Å². The molecule has 3 aromatic rings. The number of imidazole rings is 1. The number of rotatable bonds is 9. The summed E-state index contributed by atoms with van der Waals surface area (Å²) in [5.41, 5.74) is 2.65. The second kappa shape index (κ2) is 9.96. The number of fused-ring (bicyclic) bond motifs is 1.